The molecule has 0 aromatic carbocycles. The molecule has 3 aromatic rings. The molecule has 0 aliphatic heterocycles. The first-order valence-electron chi connectivity index (χ1n) is 9.44. The largest absolute Gasteiger partial charge is 0.465 e. The third-order valence-corrected chi connectivity index (χ3v) is 5.28. The van der Waals surface area contributed by atoms with E-state index in [0.717, 1.165) is 24.2 Å². The van der Waals surface area contributed by atoms with Crippen molar-refractivity contribution in [1.82, 2.24) is 24.2 Å². The normalized spacial score (nSPS) is 13.8. The summed E-state index contributed by atoms with van der Waals surface area (Å²) in [5.41, 5.74) is 1.40. The molecule has 1 saturated carbocycles. The van der Waals surface area contributed by atoms with Crippen LogP contribution in [0.15, 0.2) is 35.0 Å². The fraction of sp³-hybridized carbons (Fsp3) is 0.400. The van der Waals surface area contributed by atoms with Gasteiger partial charge in [0.1, 0.15) is 17.1 Å². The number of rotatable bonds is 7. The Morgan fingerprint density at radius 2 is 2.24 bits per heavy atom. The van der Waals surface area contributed by atoms with Crippen LogP contribution >= 0.6 is 12.2 Å². The molecule has 8 nitrogen and oxygen atoms in total. The molecule has 0 saturated heterocycles. The van der Waals surface area contributed by atoms with Crippen molar-refractivity contribution in [3.05, 3.63) is 52.4 Å². The lowest BCUT2D eigenvalue weighted by Crippen LogP contribution is -2.22. The number of nitrogens with zero attached hydrogens (tertiary/aromatic N) is 5. The van der Waals surface area contributed by atoms with Crippen molar-refractivity contribution in [2.75, 3.05) is 14.2 Å². The first kappa shape index (κ1) is 19.5. The van der Waals surface area contributed by atoms with Crippen LogP contribution in [-0.4, -0.2) is 44.4 Å². The van der Waals surface area contributed by atoms with Gasteiger partial charge in [0.15, 0.2) is 10.6 Å². The number of hydrogen-bond acceptors (Lipinski definition) is 7. The van der Waals surface area contributed by atoms with Crippen LogP contribution in [0.4, 0.5) is 0 Å². The summed E-state index contributed by atoms with van der Waals surface area (Å²) >= 11 is 5.72. The first-order chi connectivity index (χ1) is 14.0. The lowest BCUT2D eigenvalue weighted by Gasteiger charge is -2.14. The quantitative estimate of drug-likeness (QED) is 0.433. The molecule has 3 heterocycles. The molecule has 1 fully saturated rings. The number of carbonyl (C=O) groups excluding carboxylic acids is 1. The summed E-state index contributed by atoms with van der Waals surface area (Å²) in [4.78, 5) is 18.0. The van der Waals surface area contributed by atoms with E-state index in [1.54, 1.807) is 19.2 Å². The van der Waals surface area contributed by atoms with E-state index in [0.29, 0.717) is 41.1 Å². The molecule has 1 aliphatic carbocycles. The van der Waals surface area contributed by atoms with Gasteiger partial charge in [0.25, 0.3) is 0 Å². The Morgan fingerprint density at radius 1 is 1.45 bits per heavy atom. The summed E-state index contributed by atoms with van der Waals surface area (Å²) in [5.74, 6) is 1.69. The Bertz CT molecular complexity index is 1080. The number of furan rings is 1. The van der Waals surface area contributed by atoms with Gasteiger partial charge in [-0.15, -0.1) is 0 Å². The van der Waals surface area contributed by atoms with Crippen LogP contribution in [0, 0.1) is 11.7 Å². The van der Waals surface area contributed by atoms with Crippen molar-refractivity contribution in [3.63, 3.8) is 0 Å². The van der Waals surface area contributed by atoms with Crippen molar-refractivity contribution >= 4 is 18.2 Å². The predicted octanol–water partition coefficient (Wildman–Crippen LogP) is 3.59. The number of pyridine rings is 1. The third kappa shape index (κ3) is 4.01. The fourth-order valence-electron chi connectivity index (χ4n) is 3.35. The standard InChI is InChI=1S/C20H23N5O3S/c1-13-17(19(26)27-3)9-16(28-13)11-23(2)12-24-20(29)25(15-6-7-15)18(22-24)14-5-4-8-21-10-14/h4-5,8-10,15H,6-7,11-12H2,1-3H3. The van der Waals surface area contributed by atoms with Crippen molar-refractivity contribution in [2.45, 2.75) is 39.0 Å². The highest BCUT2D eigenvalue weighted by molar-refractivity contribution is 7.71. The monoisotopic (exact) mass is 413 g/mol. The molecule has 0 atom stereocenters. The summed E-state index contributed by atoms with van der Waals surface area (Å²) in [6, 6.07) is 6.03. The number of aromatic nitrogens is 4. The van der Waals surface area contributed by atoms with Crippen molar-refractivity contribution in [3.8, 4) is 11.4 Å². The predicted molar refractivity (Wildman–Crippen MR) is 109 cm³/mol. The summed E-state index contributed by atoms with van der Waals surface area (Å²) in [5, 5.41) is 4.78. The molecule has 4 rings (SSSR count). The van der Waals surface area contributed by atoms with E-state index in [-0.39, 0.29) is 0 Å². The molecule has 0 N–H and O–H groups in total. The summed E-state index contributed by atoms with van der Waals surface area (Å²) in [6.45, 7) is 2.76. The van der Waals surface area contributed by atoms with Gasteiger partial charge < -0.3 is 9.15 Å². The number of carbonyl (C=O) groups is 1. The topological polar surface area (TPSA) is 78.3 Å². The average molecular weight is 414 g/mol. The Labute approximate surface area is 173 Å². The Kier molecular flexibility index (Phi) is 5.33. The number of aryl methyl sites for hydroxylation is 1. The Hall–Kier alpha value is -2.78. The number of esters is 1. The third-order valence-electron chi connectivity index (χ3n) is 4.88. The number of ether oxygens (including phenoxy) is 1. The van der Waals surface area contributed by atoms with Crippen LogP contribution < -0.4 is 0 Å². The van der Waals surface area contributed by atoms with Crippen LogP contribution in [0.3, 0.4) is 0 Å². The van der Waals surface area contributed by atoms with Gasteiger partial charge in [-0.2, -0.15) is 5.10 Å². The molecular formula is C20H23N5O3S. The van der Waals surface area contributed by atoms with E-state index in [2.05, 4.69) is 9.55 Å². The van der Waals surface area contributed by atoms with Gasteiger partial charge in [-0.3, -0.25) is 14.5 Å². The smallest absolute Gasteiger partial charge is 0.341 e. The van der Waals surface area contributed by atoms with E-state index >= 15 is 0 Å². The molecule has 0 unspecified atom stereocenters. The van der Waals surface area contributed by atoms with Gasteiger partial charge in [0.2, 0.25) is 0 Å². The van der Waals surface area contributed by atoms with E-state index in [4.69, 9.17) is 26.5 Å². The van der Waals surface area contributed by atoms with Gasteiger partial charge in [-0.25, -0.2) is 9.48 Å². The highest BCUT2D eigenvalue weighted by Crippen LogP contribution is 2.38. The highest BCUT2D eigenvalue weighted by atomic mass is 32.1. The SMILES string of the molecule is COC(=O)c1cc(CN(C)Cn2nc(-c3cccnc3)n(C3CC3)c2=S)oc1C. The summed E-state index contributed by atoms with van der Waals surface area (Å²) < 4.78 is 15.2. The highest BCUT2D eigenvalue weighted by Gasteiger charge is 2.29. The second kappa shape index (κ2) is 7.92. The van der Waals surface area contributed by atoms with Gasteiger partial charge >= 0.3 is 5.97 Å². The zero-order chi connectivity index (χ0) is 20.5. The molecule has 0 radical (unpaired) electrons. The minimum atomic E-state index is -0.397. The van der Waals surface area contributed by atoms with Crippen LogP contribution in [0.5, 0.6) is 0 Å². The first-order valence-corrected chi connectivity index (χ1v) is 9.84. The second-order valence-corrected chi connectivity index (χ2v) is 7.64. The van der Waals surface area contributed by atoms with Gasteiger partial charge in [-0.05, 0) is 57.2 Å². The van der Waals surface area contributed by atoms with E-state index in [1.807, 2.05) is 35.0 Å². The lowest BCUT2D eigenvalue weighted by molar-refractivity contribution is 0.0599. The minimum Gasteiger partial charge on any atom is -0.465 e. The van der Waals surface area contributed by atoms with Gasteiger partial charge in [-0.1, -0.05) is 0 Å². The maximum Gasteiger partial charge on any atom is 0.341 e. The minimum absolute atomic E-state index is 0.397. The van der Waals surface area contributed by atoms with E-state index < -0.39 is 5.97 Å². The molecule has 29 heavy (non-hydrogen) atoms. The van der Waals surface area contributed by atoms with Gasteiger partial charge in [0.05, 0.1) is 20.3 Å². The van der Waals surface area contributed by atoms with E-state index in [9.17, 15) is 4.79 Å². The maximum absolute atomic E-state index is 11.8. The van der Waals surface area contributed by atoms with Crippen molar-refractivity contribution in [2.24, 2.45) is 0 Å². The van der Waals surface area contributed by atoms with Crippen molar-refractivity contribution in [1.29, 1.82) is 0 Å². The molecular weight excluding hydrogens is 390 g/mol. The van der Waals surface area contributed by atoms with Crippen molar-refractivity contribution < 1.29 is 13.9 Å². The Balaban J connectivity index is 1.55. The van der Waals surface area contributed by atoms with Crippen LogP contribution in [-0.2, 0) is 18.0 Å². The molecule has 0 bridgehead atoms. The maximum atomic E-state index is 11.8. The molecule has 9 heteroatoms. The summed E-state index contributed by atoms with van der Waals surface area (Å²) in [7, 11) is 3.32. The molecule has 3 aromatic heterocycles. The molecule has 152 valence electrons. The lowest BCUT2D eigenvalue weighted by atomic mass is 10.2. The number of hydrogen-bond donors (Lipinski definition) is 0. The summed E-state index contributed by atoms with van der Waals surface area (Å²) in [6.07, 6.45) is 5.79. The molecule has 0 amide bonds. The zero-order valence-corrected chi connectivity index (χ0v) is 17.5. The van der Waals surface area contributed by atoms with Crippen LogP contribution in [0.1, 0.15) is 40.8 Å². The zero-order valence-electron chi connectivity index (χ0n) is 16.7. The number of methoxy groups -OCH3 is 1. The fourth-order valence-corrected chi connectivity index (χ4v) is 3.68. The Morgan fingerprint density at radius 3 is 2.90 bits per heavy atom. The average Bonchev–Trinajstić information content (AvgIpc) is 3.41. The van der Waals surface area contributed by atoms with Gasteiger partial charge in [0, 0.05) is 24.0 Å². The van der Waals surface area contributed by atoms with Crippen LogP contribution in [0.2, 0.25) is 0 Å². The second-order valence-electron chi connectivity index (χ2n) is 7.28. The van der Waals surface area contributed by atoms with E-state index in [1.165, 1.54) is 7.11 Å². The molecule has 0 spiro atoms. The van der Waals surface area contributed by atoms with Crippen LogP contribution in [0.25, 0.3) is 11.4 Å². The molecule has 1 aliphatic rings.